The third kappa shape index (κ3) is 3.97. The van der Waals surface area contributed by atoms with Gasteiger partial charge in [-0.2, -0.15) is 0 Å². The Labute approximate surface area is 166 Å². The van der Waals surface area contributed by atoms with E-state index in [2.05, 4.69) is 10.3 Å². The molecule has 0 radical (unpaired) electrons. The van der Waals surface area contributed by atoms with Gasteiger partial charge in [-0.15, -0.1) is 11.3 Å². The lowest BCUT2D eigenvalue weighted by Gasteiger charge is -2.03. The Balaban J connectivity index is 1.39. The van der Waals surface area contributed by atoms with Crippen LogP contribution >= 0.6 is 11.3 Å². The van der Waals surface area contributed by atoms with Gasteiger partial charge in [-0.25, -0.2) is 4.98 Å². The number of ether oxygens (including phenoxy) is 1. The van der Waals surface area contributed by atoms with E-state index in [1.54, 1.807) is 24.5 Å². The van der Waals surface area contributed by atoms with Crippen LogP contribution in [-0.2, 0) is 11.3 Å². The second kappa shape index (κ2) is 8.10. The second-order valence-corrected chi connectivity index (χ2v) is 7.08. The van der Waals surface area contributed by atoms with E-state index < -0.39 is 0 Å². The maximum Gasteiger partial charge on any atom is 0.244 e. The first-order valence-electron chi connectivity index (χ1n) is 8.76. The number of aromatic nitrogens is 1. The number of benzene rings is 2. The van der Waals surface area contributed by atoms with Crippen LogP contribution in [0.25, 0.3) is 27.1 Å². The molecule has 0 atom stereocenters. The summed E-state index contributed by atoms with van der Waals surface area (Å²) >= 11 is 1.58. The number of para-hydroxylation sites is 2. The second-order valence-electron chi connectivity index (χ2n) is 6.05. The molecule has 0 spiro atoms. The molecule has 0 aliphatic carbocycles. The Bertz CT molecular complexity index is 1110. The highest BCUT2D eigenvalue weighted by Gasteiger charge is 2.10. The van der Waals surface area contributed by atoms with Crippen molar-refractivity contribution in [3.05, 3.63) is 78.1 Å². The molecule has 2 heterocycles. The van der Waals surface area contributed by atoms with Crippen LogP contribution in [0.3, 0.4) is 0 Å². The predicted octanol–water partition coefficient (Wildman–Crippen LogP) is 4.89. The summed E-state index contributed by atoms with van der Waals surface area (Å²) in [6.07, 6.45) is 3.21. The van der Waals surface area contributed by atoms with E-state index in [0.717, 1.165) is 26.5 Å². The standard InChI is InChI=1S/C22H18N2O3S/c1-26-18-8-4-2-6-15(18)10-13-21(25)23-14-16-11-12-19(27-16)22-24-17-7-3-5-9-20(17)28-22/h2-13H,14H2,1H3,(H,23,25)/b13-10+. The van der Waals surface area contributed by atoms with Crippen molar-refractivity contribution in [3.8, 4) is 16.5 Å². The summed E-state index contributed by atoms with van der Waals surface area (Å²) in [5, 5.41) is 3.65. The number of fused-ring (bicyclic) bond motifs is 1. The molecule has 2 aromatic carbocycles. The van der Waals surface area contributed by atoms with Gasteiger partial charge in [0.15, 0.2) is 10.8 Å². The number of rotatable bonds is 6. The molecule has 1 amide bonds. The summed E-state index contributed by atoms with van der Waals surface area (Å²) in [4.78, 5) is 16.7. The Morgan fingerprint density at radius 3 is 2.82 bits per heavy atom. The topological polar surface area (TPSA) is 64.4 Å². The summed E-state index contributed by atoms with van der Waals surface area (Å²) in [5.41, 5.74) is 1.80. The molecule has 28 heavy (non-hydrogen) atoms. The zero-order valence-corrected chi connectivity index (χ0v) is 16.0. The third-order valence-corrected chi connectivity index (χ3v) is 5.21. The van der Waals surface area contributed by atoms with Crippen LogP contribution < -0.4 is 10.1 Å². The fourth-order valence-corrected chi connectivity index (χ4v) is 3.70. The van der Waals surface area contributed by atoms with E-state index in [0.29, 0.717) is 18.1 Å². The molecule has 0 aliphatic rings. The Kier molecular flexibility index (Phi) is 5.21. The molecule has 0 saturated heterocycles. The Morgan fingerprint density at radius 2 is 1.96 bits per heavy atom. The molecule has 5 nitrogen and oxygen atoms in total. The number of carbonyl (C=O) groups excluding carboxylic acids is 1. The van der Waals surface area contributed by atoms with E-state index >= 15 is 0 Å². The number of nitrogens with zero attached hydrogens (tertiary/aromatic N) is 1. The molecule has 2 aromatic heterocycles. The van der Waals surface area contributed by atoms with Gasteiger partial charge in [0.05, 0.1) is 23.9 Å². The highest BCUT2D eigenvalue weighted by molar-refractivity contribution is 7.21. The first-order valence-corrected chi connectivity index (χ1v) is 9.58. The number of methoxy groups -OCH3 is 1. The summed E-state index contributed by atoms with van der Waals surface area (Å²) in [5.74, 6) is 1.89. The van der Waals surface area contributed by atoms with Crippen molar-refractivity contribution in [2.75, 3.05) is 7.11 Å². The van der Waals surface area contributed by atoms with E-state index in [1.165, 1.54) is 6.08 Å². The summed E-state index contributed by atoms with van der Waals surface area (Å²) in [7, 11) is 1.60. The van der Waals surface area contributed by atoms with Gasteiger partial charge < -0.3 is 14.5 Å². The first kappa shape index (κ1) is 18.0. The molecular formula is C22H18N2O3S. The highest BCUT2D eigenvalue weighted by Crippen LogP contribution is 2.31. The molecule has 140 valence electrons. The fourth-order valence-electron chi connectivity index (χ4n) is 2.77. The quantitative estimate of drug-likeness (QED) is 0.476. The smallest absolute Gasteiger partial charge is 0.244 e. The maximum absolute atomic E-state index is 12.1. The van der Waals surface area contributed by atoms with Gasteiger partial charge in [-0.1, -0.05) is 30.3 Å². The zero-order valence-electron chi connectivity index (χ0n) is 15.2. The Hall–Kier alpha value is -3.38. The Morgan fingerprint density at radius 1 is 1.14 bits per heavy atom. The van der Waals surface area contributed by atoms with E-state index in [-0.39, 0.29) is 5.91 Å². The average molecular weight is 390 g/mol. The first-order chi connectivity index (χ1) is 13.7. The number of hydrogen-bond acceptors (Lipinski definition) is 5. The number of amides is 1. The van der Waals surface area contributed by atoms with Crippen molar-refractivity contribution < 1.29 is 13.9 Å². The lowest BCUT2D eigenvalue weighted by molar-refractivity contribution is -0.116. The predicted molar refractivity (Wildman–Crippen MR) is 111 cm³/mol. The monoisotopic (exact) mass is 390 g/mol. The molecule has 0 unspecified atom stereocenters. The number of carbonyl (C=O) groups is 1. The third-order valence-electron chi connectivity index (χ3n) is 4.16. The molecule has 4 rings (SSSR count). The summed E-state index contributed by atoms with van der Waals surface area (Å²) in [6, 6.07) is 19.2. The largest absolute Gasteiger partial charge is 0.496 e. The average Bonchev–Trinajstić information content (AvgIpc) is 3.37. The van der Waals surface area contributed by atoms with Gasteiger partial charge in [-0.05, 0) is 36.4 Å². The van der Waals surface area contributed by atoms with Gasteiger partial charge in [0.25, 0.3) is 0 Å². The van der Waals surface area contributed by atoms with Crippen molar-refractivity contribution in [1.82, 2.24) is 10.3 Å². The number of thiazole rings is 1. The fraction of sp³-hybridized carbons (Fsp3) is 0.0909. The van der Waals surface area contributed by atoms with Crippen LogP contribution in [0.1, 0.15) is 11.3 Å². The van der Waals surface area contributed by atoms with Crippen LogP contribution in [0.15, 0.2) is 71.2 Å². The minimum atomic E-state index is -0.205. The van der Waals surface area contributed by atoms with Gasteiger partial charge in [0.1, 0.15) is 11.5 Å². The lowest BCUT2D eigenvalue weighted by atomic mass is 10.2. The van der Waals surface area contributed by atoms with Crippen molar-refractivity contribution in [1.29, 1.82) is 0 Å². The molecule has 6 heteroatoms. The molecular weight excluding hydrogens is 372 g/mol. The van der Waals surface area contributed by atoms with Gasteiger partial charge >= 0.3 is 0 Å². The summed E-state index contributed by atoms with van der Waals surface area (Å²) < 4.78 is 12.2. The minimum Gasteiger partial charge on any atom is -0.496 e. The summed E-state index contributed by atoms with van der Waals surface area (Å²) in [6.45, 7) is 0.306. The zero-order chi connectivity index (χ0) is 19.3. The van der Waals surface area contributed by atoms with Crippen molar-refractivity contribution in [2.45, 2.75) is 6.54 Å². The van der Waals surface area contributed by atoms with E-state index in [4.69, 9.17) is 9.15 Å². The molecule has 0 fully saturated rings. The molecule has 0 aliphatic heterocycles. The van der Waals surface area contributed by atoms with Gasteiger partial charge in [-0.3, -0.25) is 4.79 Å². The minimum absolute atomic E-state index is 0.205. The maximum atomic E-state index is 12.1. The van der Waals surface area contributed by atoms with Crippen molar-refractivity contribution >= 4 is 33.5 Å². The van der Waals surface area contributed by atoms with Gasteiger partial charge in [0, 0.05) is 11.6 Å². The van der Waals surface area contributed by atoms with Crippen LogP contribution in [0, 0.1) is 0 Å². The van der Waals surface area contributed by atoms with Crippen LogP contribution in [0.2, 0.25) is 0 Å². The highest BCUT2D eigenvalue weighted by atomic mass is 32.1. The van der Waals surface area contributed by atoms with Crippen LogP contribution in [0.4, 0.5) is 0 Å². The molecule has 0 saturated carbocycles. The number of nitrogens with one attached hydrogen (secondary N) is 1. The van der Waals surface area contributed by atoms with E-state index in [1.807, 2.05) is 60.7 Å². The van der Waals surface area contributed by atoms with E-state index in [9.17, 15) is 4.79 Å². The SMILES string of the molecule is COc1ccccc1/C=C/C(=O)NCc1ccc(-c2nc3ccccc3s2)o1. The van der Waals surface area contributed by atoms with Crippen LogP contribution in [0.5, 0.6) is 5.75 Å². The van der Waals surface area contributed by atoms with Crippen LogP contribution in [-0.4, -0.2) is 18.0 Å². The van der Waals surface area contributed by atoms with Crippen molar-refractivity contribution in [2.24, 2.45) is 0 Å². The lowest BCUT2D eigenvalue weighted by Crippen LogP contribution is -2.19. The van der Waals surface area contributed by atoms with Gasteiger partial charge in [0.2, 0.25) is 5.91 Å². The number of furan rings is 1. The number of hydrogen-bond donors (Lipinski definition) is 1. The molecule has 4 aromatic rings. The molecule has 1 N–H and O–H groups in total. The van der Waals surface area contributed by atoms with Crippen molar-refractivity contribution in [3.63, 3.8) is 0 Å². The normalized spacial score (nSPS) is 11.2. The molecule has 0 bridgehead atoms.